The maximum atomic E-state index is 9.85. The van der Waals surface area contributed by atoms with Crippen molar-refractivity contribution in [2.24, 2.45) is 5.92 Å². The van der Waals surface area contributed by atoms with Crippen LogP contribution in [0, 0.1) is 5.92 Å². The number of ether oxygens (including phenoxy) is 1. The van der Waals surface area contributed by atoms with Crippen molar-refractivity contribution >= 4 is 0 Å². The van der Waals surface area contributed by atoms with E-state index in [1.807, 2.05) is 0 Å². The summed E-state index contributed by atoms with van der Waals surface area (Å²) >= 11 is 0. The van der Waals surface area contributed by atoms with E-state index in [2.05, 4.69) is 20.8 Å². The number of aliphatic hydroxyl groups is 1. The van der Waals surface area contributed by atoms with Crippen molar-refractivity contribution in [1.82, 2.24) is 0 Å². The summed E-state index contributed by atoms with van der Waals surface area (Å²) in [4.78, 5) is 0. The fourth-order valence-corrected chi connectivity index (χ4v) is 2.04. The van der Waals surface area contributed by atoms with Crippen molar-refractivity contribution in [3.63, 3.8) is 0 Å². The molecule has 2 nitrogen and oxygen atoms in total. The summed E-state index contributed by atoms with van der Waals surface area (Å²) in [6.45, 7) is 6.53. The Morgan fingerprint density at radius 2 is 2.00 bits per heavy atom. The molecule has 1 aliphatic heterocycles. The van der Waals surface area contributed by atoms with Crippen LogP contribution in [0.25, 0.3) is 0 Å². The molecular formula is C12H24O2. The third-order valence-electron chi connectivity index (χ3n) is 2.98. The zero-order valence-corrected chi connectivity index (χ0v) is 9.70. The van der Waals surface area contributed by atoms with E-state index in [1.165, 1.54) is 6.42 Å². The summed E-state index contributed by atoms with van der Waals surface area (Å²) in [5.41, 5.74) is 0. The lowest BCUT2D eigenvalue weighted by Gasteiger charge is -2.18. The lowest BCUT2D eigenvalue weighted by molar-refractivity contribution is -0.0324. The average Bonchev–Trinajstić information content (AvgIpc) is 2.51. The Kier molecular flexibility index (Phi) is 4.90. The molecule has 84 valence electrons. The third kappa shape index (κ3) is 3.97. The Hall–Kier alpha value is -0.0800. The van der Waals surface area contributed by atoms with Crippen LogP contribution < -0.4 is 0 Å². The van der Waals surface area contributed by atoms with Gasteiger partial charge >= 0.3 is 0 Å². The first-order valence-corrected chi connectivity index (χ1v) is 5.93. The SMILES string of the molecule is CC(C)CCCC(O)C1CCC(C)O1. The third-order valence-corrected chi connectivity index (χ3v) is 2.98. The molecule has 1 aliphatic rings. The topological polar surface area (TPSA) is 29.5 Å². The van der Waals surface area contributed by atoms with Crippen molar-refractivity contribution in [3.05, 3.63) is 0 Å². The minimum absolute atomic E-state index is 0.108. The van der Waals surface area contributed by atoms with Gasteiger partial charge in [-0.15, -0.1) is 0 Å². The van der Waals surface area contributed by atoms with Crippen molar-refractivity contribution in [1.29, 1.82) is 0 Å². The van der Waals surface area contributed by atoms with Crippen LogP contribution in [0.3, 0.4) is 0 Å². The fourth-order valence-electron chi connectivity index (χ4n) is 2.04. The molecule has 0 spiro atoms. The molecule has 1 N–H and O–H groups in total. The molecule has 0 amide bonds. The number of hydrogen-bond acceptors (Lipinski definition) is 2. The summed E-state index contributed by atoms with van der Waals surface area (Å²) in [5.74, 6) is 0.741. The maximum Gasteiger partial charge on any atom is 0.0838 e. The van der Waals surface area contributed by atoms with E-state index in [0.29, 0.717) is 6.10 Å². The number of hydrogen-bond donors (Lipinski definition) is 1. The Balaban J connectivity index is 2.12. The van der Waals surface area contributed by atoms with Gasteiger partial charge in [0.15, 0.2) is 0 Å². The molecule has 0 bridgehead atoms. The van der Waals surface area contributed by atoms with Crippen molar-refractivity contribution in [3.8, 4) is 0 Å². The lowest BCUT2D eigenvalue weighted by atomic mass is 10.0. The molecule has 0 aliphatic carbocycles. The summed E-state index contributed by atoms with van der Waals surface area (Å²) in [5, 5.41) is 9.85. The van der Waals surface area contributed by atoms with Gasteiger partial charge in [-0.1, -0.05) is 26.7 Å². The first-order chi connectivity index (χ1) is 6.59. The van der Waals surface area contributed by atoms with Crippen LogP contribution in [-0.4, -0.2) is 23.4 Å². The molecule has 0 aromatic heterocycles. The molecule has 0 aromatic rings. The van der Waals surface area contributed by atoms with Crippen LogP contribution in [0.5, 0.6) is 0 Å². The van der Waals surface area contributed by atoms with Crippen LogP contribution in [0.1, 0.15) is 52.9 Å². The second kappa shape index (κ2) is 5.72. The first-order valence-electron chi connectivity index (χ1n) is 5.93. The van der Waals surface area contributed by atoms with Crippen molar-refractivity contribution in [2.75, 3.05) is 0 Å². The molecule has 1 fully saturated rings. The van der Waals surface area contributed by atoms with Crippen molar-refractivity contribution in [2.45, 2.75) is 71.2 Å². The minimum Gasteiger partial charge on any atom is -0.390 e. The highest BCUT2D eigenvalue weighted by Gasteiger charge is 2.27. The van der Waals surface area contributed by atoms with Crippen LogP contribution in [0.2, 0.25) is 0 Å². The summed E-state index contributed by atoms with van der Waals surface area (Å²) in [7, 11) is 0. The Morgan fingerprint density at radius 1 is 1.29 bits per heavy atom. The molecule has 3 atom stereocenters. The van der Waals surface area contributed by atoms with Crippen LogP contribution >= 0.6 is 0 Å². The fraction of sp³-hybridized carbons (Fsp3) is 1.00. The standard InChI is InChI=1S/C12H24O2/c1-9(2)5-4-6-11(13)12-8-7-10(3)14-12/h9-13H,4-8H2,1-3H3. The highest BCUT2D eigenvalue weighted by atomic mass is 16.5. The molecule has 1 saturated heterocycles. The van der Waals surface area contributed by atoms with Gasteiger partial charge in [0, 0.05) is 0 Å². The Labute approximate surface area is 87.7 Å². The Morgan fingerprint density at radius 3 is 2.50 bits per heavy atom. The molecule has 0 radical (unpaired) electrons. The van der Waals surface area contributed by atoms with E-state index in [-0.39, 0.29) is 12.2 Å². The molecular weight excluding hydrogens is 176 g/mol. The second-order valence-electron chi connectivity index (χ2n) is 4.95. The predicted octanol–water partition coefficient (Wildman–Crippen LogP) is 2.74. The van der Waals surface area contributed by atoms with E-state index in [4.69, 9.17) is 4.74 Å². The molecule has 1 rings (SSSR count). The van der Waals surface area contributed by atoms with Crippen molar-refractivity contribution < 1.29 is 9.84 Å². The molecule has 3 unspecified atom stereocenters. The highest BCUT2D eigenvalue weighted by molar-refractivity contribution is 4.77. The van der Waals surface area contributed by atoms with Gasteiger partial charge in [-0.05, 0) is 32.1 Å². The van der Waals surface area contributed by atoms with E-state index in [1.54, 1.807) is 0 Å². The maximum absolute atomic E-state index is 9.85. The van der Waals surface area contributed by atoms with Gasteiger partial charge in [0.05, 0.1) is 18.3 Å². The average molecular weight is 200 g/mol. The largest absolute Gasteiger partial charge is 0.390 e. The Bertz CT molecular complexity index is 156. The second-order valence-corrected chi connectivity index (χ2v) is 4.95. The molecule has 14 heavy (non-hydrogen) atoms. The summed E-state index contributed by atoms with van der Waals surface area (Å²) < 4.78 is 5.63. The molecule has 1 heterocycles. The lowest BCUT2D eigenvalue weighted by Crippen LogP contribution is -2.25. The minimum atomic E-state index is -0.237. The quantitative estimate of drug-likeness (QED) is 0.739. The molecule has 0 aromatic carbocycles. The van der Waals surface area contributed by atoms with E-state index >= 15 is 0 Å². The van der Waals surface area contributed by atoms with Gasteiger partial charge in [-0.25, -0.2) is 0 Å². The van der Waals surface area contributed by atoms with Gasteiger partial charge in [-0.2, -0.15) is 0 Å². The van der Waals surface area contributed by atoms with Crippen LogP contribution in [0.15, 0.2) is 0 Å². The van der Waals surface area contributed by atoms with E-state index in [9.17, 15) is 5.11 Å². The number of rotatable bonds is 5. The first kappa shape index (κ1) is 12.0. The van der Waals surface area contributed by atoms with Gasteiger partial charge in [0.1, 0.15) is 0 Å². The van der Waals surface area contributed by atoms with Gasteiger partial charge in [-0.3, -0.25) is 0 Å². The smallest absolute Gasteiger partial charge is 0.0838 e. The predicted molar refractivity (Wildman–Crippen MR) is 58.3 cm³/mol. The highest BCUT2D eigenvalue weighted by Crippen LogP contribution is 2.24. The molecule has 2 heteroatoms. The zero-order valence-electron chi connectivity index (χ0n) is 9.70. The van der Waals surface area contributed by atoms with Gasteiger partial charge in [0.2, 0.25) is 0 Å². The van der Waals surface area contributed by atoms with Gasteiger partial charge in [0.25, 0.3) is 0 Å². The van der Waals surface area contributed by atoms with E-state index < -0.39 is 0 Å². The summed E-state index contributed by atoms with van der Waals surface area (Å²) in [6, 6.07) is 0. The zero-order chi connectivity index (χ0) is 10.6. The van der Waals surface area contributed by atoms with Crippen LogP contribution in [0.4, 0.5) is 0 Å². The van der Waals surface area contributed by atoms with Crippen LogP contribution in [-0.2, 0) is 4.74 Å². The normalized spacial score (nSPS) is 29.8. The van der Waals surface area contributed by atoms with E-state index in [0.717, 1.165) is 31.6 Å². The number of aliphatic hydroxyl groups excluding tert-OH is 1. The molecule has 0 saturated carbocycles. The summed E-state index contributed by atoms with van der Waals surface area (Å²) in [6.07, 6.45) is 5.58. The monoisotopic (exact) mass is 200 g/mol. The van der Waals surface area contributed by atoms with Gasteiger partial charge < -0.3 is 9.84 Å².